The van der Waals surface area contributed by atoms with Gasteiger partial charge < -0.3 is 38.6 Å². The van der Waals surface area contributed by atoms with Crippen molar-refractivity contribution >= 4 is 99.7 Å². The average molecular weight is 968 g/mol. The average Bonchev–Trinajstić information content (AvgIpc) is 3.76. The molecular weight excluding hydrogens is 903 g/mol. The summed E-state index contributed by atoms with van der Waals surface area (Å²) >= 11 is 6.20. The summed E-state index contributed by atoms with van der Waals surface area (Å²) in [6.45, 7) is 17.1. The number of thioether (sulfide) groups is 2. The molecule has 64 heavy (non-hydrogen) atoms. The van der Waals surface area contributed by atoms with E-state index in [1.54, 1.807) is 14.7 Å². The van der Waals surface area contributed by atoms with Gasteiger partial charge in [0.05, 0.1) is 32.7 Å². The topological polar surface area (TPSA) is 250 Å². The SMILES string of the molecule is CCN(CC)C(=O)COCCS.CCN(CC)C(=O)COCCSC(=O)CCC(=O)SCCOCC(=O)N(CC)CC.O=C(CCC(=O)ON1C(=O)CCC1=O)ON1C(=O)CCC1=O. The first-order chi connectivity index (χ1) is 30.5. The van der Waals surface area contributed by atoms with Gasteiger partial charge in [-0.05, 0) is 41.5 Å². The predicted octanol–water partition coefficient (Wildman–Crippen LogP) is 1.84. The Kier molecular flexibility index (Phi) is 33.8. The number of imide groups is 2. The van der Waals surface area contributed by atoms with Crippen LogP contribution in [0.4, 0.5) is 0 Å². The molecule has 0 bridgehead atoms. The second-order valence-electron chi connectivity index (χ2n) is 13.1. The summed E-state index contributed by atoms with van der Waals surface area (Å²) in [6.07, 6.45) is -0.716. The van der Waals surface area contributed by atoms with Crippen LogP contribution in [0.5, 0.6) is 0 Å². The van der Waals surface area contributed by atoms with Crippen LogP contribution in [0, 0.1) is 0 Å². The van der Waals surface area contributed by atoms with E-state index >= 15 is 0 Å². The van der Waals surface area contributed by atoms with Gasteiger partial charge in [-0.2, -0.15) is 12.6 Å². The first kappa shape index (κ1) is 59.9. The lowest BCUT2D eigenvalue weighted by atomic mass is 10.3. The minimum Gasteiger partial charge on any atom is -0.371 e. The maximum atomic E-state index is 11.8. The van der Waals surface area contributed by atoms with Crippen LogP contribution < -0.4 is 0 Å². The number of carbonyl (C=O) groups is 11. The van der Waals surface area contributed by atoms with Crippen LogP contribution in [0.15, 0.2) is 0 Å². The fraction of sp³-hybridized carbons (Fsp3) is 0.725. The molecule has 2 heterocycles. The van der Waals surface area contributed by atoms with E-state index in [1.165, 1.54) is 0 Å². The molecule has 0 spiro atoms. The van der Waals surface area contributed by atoms with E-state index in [9.17, 15) is 52.7 Å². The molecule has 7 amide bonds. The highest BCUT2D eigenvalue weighted by Crippen LogP contribution is 2.16. The van der Waals surface area contributed by atoms with Crippen LogP contribution in [-0.2, 0) is 76.6 Å². The highest BCUT2D eigenvalue weighted by atomic mass is 32.2. The molecule has 0 aliphatic carbocycles. The van der Waals surface area contributed by atoms with E-state index in [-0.39, 0.29) is 86.3 Å². The van der Waals surface area contributed by atoms with Crippen LogP contribution in [0.2, 0.25) is 0 Å². The number of ether oxygens (including phenoxy) is 3. The summed E-state index contributed by atoms with van der Waals surface area (Å²) in [4.78, 5) is 140. The van der Waals surface area contributed by atoms with Gasteiger partial charge in [0.15, 0.2) is 10.2 Å². The molecule has 0 atom stereocenters. The van der Waals surface area contributed by atoms with Crippen LogP contribution >= 0.6 is 36.2 Å². The minimum atomic E-state index is -0.973. The van der Waals surface area contributed by atoms with E-state index in [2.05, 4.69) is 22.3 Å². The van der Waals surface area contributed by atoms with Gasteiger partial charge in [0, 0.05) is 95.1 Å². The molecule has 21 nitrogen and oxygen atoms in total. The molecule has 0 aromatic carbocycles. The van der Waals surface area contributed by atoms with Crippen molar-refractivity contribution in [2.45, 2.75) is 92.9 Å². The number of amides is 7. The third-order valence-electron chi connectivity index (χ3n) is 8.71. The van der Waals surface area contributed by atoms with Crippen molar-refractivity contribution in [2.24, 2.45) is 0 Å². The van der Waals surface area contributed by atoms with E-state index in [0.29, 0.717) is 73.4 Å². The first-order valence-corrected chi connectivity index (χ1v) is 23.8. The van der Waals surface area contributed by atoms with Gasteiger partial charge in [-0.3, -0.25) is 43.2 Å². The lowest BCUT2D eigenvalue weighted by Gasteiger charge is -2.18. The maximum absolute atomic E-state index is 11.8. The highest BCUT2D eigenvalue weighted by Gasteiger charge is 2.34. The summed E-state index contributed by atoms with van der Waals surface area (Å²) in [7, 11) is 0. The van der Waals surface area contributed by atoms with E-state index in [1.807, 2.05) is 41.5 Å². The van der Waals surface area contributed by atoms with Gasteiger partial charge in [0.1, 0.15) is 19.8 Å². The van der Waals surface area contributed by atoms with Crippen molar-refractivity contribution in [3.05, 3.63) is 0 Å². The molecule has 2 saturated heterocycles. The van der Waals surface area contributed by atoms with Crippen molar-refractivity contribution in [2.75, 3.05) is 96.2 Å². The van der Waals surface area contributed by atoms with Crippen molar-refractivity contribution in [3.63, 3.8) is 0 Å². The molecule has 2 aliphatic rings. The van der Waals surface area contributed by atoms with Crippen molar-refractivity contribution in [1.29, 1.82) is 0 Å². The van der Waals surface area contributed by atoms with Gasteiger partial charge in [-0.1, -0.05) is 23.5 Å². The normalized spacial score (nSPS) is 13.1. The third kappa shape index (κ3) is 26.0. The molecule has 364 valence electrons. The van der Waals surface area contributed by atoms with E-state index < -0.39 is 48.4 Å². The Labute approximate surface area is 388 Å². The third-order valence-corrected chi connectivity index (χ3v) is 10.7. The number of nitrogens with zero attached hydrogens (tertiary/aromatic N) is 5. The van der Waals surface area contributed by atoms with E-state index in [0.717, 1.165) is 36.6 Å². The Balaban J connectivity index is 0.00000102. The minimum absolute atomic E-state index is 0.0220. The van der Waals surface area contributed by atoms with E-state index in [4.69, 9.17) is 14.2 Å². The molecule has 0 aromatic heterocycles. The lowest BCUT2D eigenvalue weighted by Crippen LogP contribution is -2.33. The molecular formula is C40H65N5O16S3. The summed E-state index contributed by atoms with van der Waals surface area (Å²) in [5.74, 6) is -2.94. The fourth-order valence-corrected chi connectivity index (χ4v) is 6.62. The zero-order valence-corrected chi connectivity index (χ0v) is 40.3. The Bertz CT molecular complexity index is 1420. The number of hydrogen-bond acceptors (Lipinski definition) is 19. The second kappa shape index (κ2) is 36.2. The number of likely N-dealkylation sites (N-methyl/N-ethyl adjacent to an activating group) is 3. The lowest BCUT2D eigenvalue weighted by molar-refractivity contribution is -0.201. The van der Waals surface area contributed by atoms with Gasteiger partial charge in [-0.25, -0.2) is 9.59 Å². The second-order valence-corrected chi connectivity index (χ2v) is 15.9. The smallest absolute Gasteiger partial charge is 0.333 e. The largest absolute Gasteiger partial charge is 0.371 e. The van der Waals surface area contributed by atoms with Crippen LogP contribution in [0.1, 0.15) is 92.9 Å². The van der Waals surface area contributed by atoms with Crippen LogP contribution in [0.3, 0.4) is 0 Å². The van der Waals surface area contributed by atoms with Gasteiger partial charge >= 0.3 is 11.9 Å². The Morgan fingerprint density at radius 2 is 0.766 bits per heavy atom. The number of hydroxylamine groups is 4. The quantitative estimate of drug-likeness (QED) is 0.0667. The first-order valence-electron chi connectivity index (χ1n) is 21.1. The molecule has 0 saturated carbocycles. The Morgan fingerprint density at radius 3 is 1.03 bits per heavy atom. The molecule has 2 fully saturated rings. The number of rotatable bonds is 28. The number of hydrogen-bond donors (Lipinski definition) is 1. The summed E-state index contributed by atoms with van der Waals surface area (Å²) < 4.78 is 15.7. The zero-order valence-electron chi connectivity index (χ0n) is 37.8. The van der Waals surface area contributed by atoms with Gasteiger partial charge in [-0.15, -0.1) is 10.1 Å². The summed E-state index contributed by atoms with van der Waals surface area (Å²) in [5.41, 5.74) is 0. The zero-order chi connectivity index (χ0) is 48.5. The standard InChI is InChI=1S/C20H36N2O6S2.C12H12N2O8.C8H17NO2S/c1-5-21(6-2)17(23)15-27-11-13-29-19(25)9-10-20(26)30-14-12-28-16-18(24)22(7-3)8-4;15-7-1-2-8(16)13(7)21-11(19)5-6-12(20)22-14-9(17)3-4-10(14)18;1-3-9(4-2)8(10)7-11-5-6-12/h5-16H2,1-4H3;1-6H2;12H,3-7H2,1-2H3. The van der Waals surface area contributed by atoms with Gasteiger partial charge in [0.2, 0.25) is 17.7 Å². The Morgan fingerprint density at radius 1 is 0.484 bits per heavy atom. The Hall–Kier alpha value is -4.10. The molecule has 0 aromatic rings. The summed E-state index contributed by atoms with van der Waals surface area (Å²) in [5, 5.41) is 0.593. The van der Waals surface area contributed by atoms with Crippen molar-refractivity contribution < 1.29 is 76.6 Å². The predicted molar refractivity (Wildman–Crippen MR) is 238 cm³/mol. The monoisotopic (exact) mass is 967 g/mol. The van der Waals surface area contributed by atoms with Crippen LogP contribution in [0.25, 0.3) is 0 Å². The number of thiol groups is 1. The summed E-state index contributed by atoms with van der Waals surface area (Å²) in [6, 6.07) is 0. The van der Waals surface area contributed by atoms with Crippen LogP contribution in [-0.4, -0.2) is 185 Å². The fourth-order valence-electron chi connectivity index (χ4n) is 5.14. The number of carbonyl (C=O) groups excluding carboxylic acids is 11. The highest BCUT2D eigenvalue weighted by molar-refractivity contribution is 8.14. The molecule has 24 heteroatoms. The maximum Gasteiger partial charge on any atom is 0.333 e. The molecule has 0 unspecified atom stereocenters. The van der Waals surface area contributed by atoms with Crippen molar-refractivity contribution in [3.8, 4) is 0 Å². The molecule has 0 radical (unpaired) electrons. The molecule has 2 aliphatic heterocycles. The molecule has 0 N–H and O–H groups in total. The van der Waals surface area contributed by atoms with Gasteiger partial charge in [0.25, 0.3) is 23.6 Å². The molecule has 2 rings (SSSR count). The van der Waals surface area contributed by atoms with Crippen molar-refractivity contribution in [1.82, 2.24) is 24.8 Å².